The molecule has 2 aromatic heterocycles. The maximum absolute atomic E-state index is 12.7. The highest BCUT2D eigenvalue weighted by molar-refractivity contribution is 7.99. The number of hydrogen-bond acceptors (Lipinski definition) is 4. The first-order valence-electron chi connectivity index (χ1n) is 9.40. The predicted octanol–water partition coefficient (Wildman–Crippen LogP) is 4.41. The molecule has 0 radical (unpaired) electrons. The van der Waals surface area contributed by atoms with Crippen LogP contribution in [0.1, 0.15) is 31.8 Å². The summed E-state index contributed by atoms with van der Waals surface area (Å²) in [4.78, 5) is 33.7. The second-order valence-electron chi connectivity index (χ2n) is 6.88. The molecule has 0 unspecified atom stereocenters. The first-order chi connectivity index (χ1) is 14.5. The molecule has 0 spiro atoms. The molecule has 7 heteroatoms. The van der Waals surface area contributed by atoms with Gasteiger partial charge in [-0.25, -0.2) is 4.98 Å². The molecule has 30 heavy (non-hydrogen) atoms. The molecule has 3 N–H and O–H groups in total. The van der Waals surface area contributed by atoms with Crippen LogP contribution in [0.4, 0.5) is 0 Å². The van der Waals surface area contributed by atoms with Crippen molar-refractivity contribution >= 4 is 34.5 Å². The summed E-state index contributed by atoms with van der Waals surface area (Å²) in [5, 5.41) is 1.36. The minimum Gasteiger partial charge on any atom is -0.360 e. The van der Waals surface area contributed by atoms with Crippen LogP contribution in [0.3, 0.4) is 0 Å². The van der Waals surface area contributed by atoms with E-state index < -0.39 is 11.8 Å². The molecule has 0 aliphatic rings. The first-order valence-corrected chi connectivity index (χ1v) is 10.2. The minimum atomic E-state index is -0.427. The highest BCUT2D eigenvalue weighted by Crippen LogP contribution is 2.31. The van der Waals surface area contributed by atoms with Gasteiger partial charge in [0, 0.05) is 28.2 Å². The number of aryl methyl sites for hydroxylation is 2. The van der Waals surface area contributed by atoms with Gasteiger partial charge in [-0.2, -0.15) is 0 Å². The molecule has 2 aromatic carbocycles. The van der Waals surface area contributed by atoms with Crippen molar-refractivity contribution in [3.8, 4) is 0 Å². The molecule has 0 fully saturated rings. The third kappa shape index (κ3) is 4.06. The summed E-state index contributed by atoms with van der Waals surface area (Å²) in [5.41, 5.74) is 8.98. The van der Waals surface area contributed by atoms with Gasteiger partial charge in [-0.05, 0) is 43.7 Å². The average Bonchev–Trinajstić information content (AvgIpc) is 3.18. The van der Waals surface area contributed by atoms with Crippen LogP contribution in [-0.2, 0) is 0 Å². The maximum atomic E-state index is 12.7. The first kappa shape index (κ1) is 19.7. The van der Waals surface area contributed by atoms with E-state index >= 15 is 0 Å². The second-order valence-corrected chi connectivity index (χ2v) is 7.91. The Morgan fingerprint density at radius 1 is 0.933 bits per heavy atom. The summed E-state index contributed by atoms with van der Waals surface area (Å²) in [6, 6.07) is 17.0. The zero-order valence-corrected chi connectivity index (χ0v) is 17.3. The maximum Gasteiger partial charge on any atom is 0.272 e. The summed E-state index contributed by atoms with van der Waals surface area (Å²) in [7, 11) is 0. The molecule has 0 saturated heterocycles. The fourth-order valence-corrected chi connectivity index (χ4v) is 4.12. The van der Waals surface area contributed by atoms with E-state index in [1.54, 1.807) is 24.5 Å². The van der Waals surface area contributed by atoms with Crippen molar-refractivity contribution in [2.75, 3.05) is 0 Å². The molecule has 6 nitrogen and oxygen atoms in total. The molecule has 2 amide bonds. The molecule has 0 aliphatic carbocycles. The van der Waals surface area contributed by atoms with Gasteiger partial charge in [0.1, 0.15) is 5.03 Å². The van der Waals surface area contributed by atoms with Gasteiger partial charge in [-0.3, -0.25) is 20.4 Å². The van der Waals surface area contributed by atoms with E-state index in [0.717, 1.165) is 21.4 Å². The minimum absolute atomic E-state index is 0.390. The largest absolute Gasteiger partial charge is 0.360 e. The average molecular weight is 417 g/mol. The molecule has 150 valence electrons. The summed E-state index contributed by atoms with van der Waals surface area (Å²) < 4.78 is 0. The number of aromatic amines is 1. The topological polar surface area (TPSA) is 86.9 Å². The van der Waals surface area contributed by atoms with Gasteiger partial charge < -0.3 is 4.98 Å². The van der Waals surface area contributed by atoms with E-state index in [2.05, 4.69) is 26.9 Å². The fraction of sp³-hybridized carbons (Fsp3) is 0.0870. The Labute approximate surface area is 178 Å². The highest BCUT2D eigenvalue weighted by atomic mass is 32.2. The number of fused-ring (bicyclic) bond motifs is 1. The molecule has 2 heterocycles. The predicted molar refractivity (Wildman–Crippen MR) is 118 cm³/mol. The number of benzene rings is 2. The lowest BCUT2D eigenvalue weighted by molar-refractivity contribution is 0.0845. The number of hydrazine groups is 1. The number of amides is 2. The third-order valence-corrected chi connectivity index (χ3v) is 5.87. The lowest BCUT2D eigenvalue weighted by Crippen LogP contribution is -2.41. The van der Waals surface area contributed by atoms with Crippen LogP contribution in [0.2, 0.25) is 0 Å². The number of pyridine rings is 1. The normalized spacial score (nSPS) is 10.7. The zero-order chi connectivity index (χ0) is 21.1. The van der Waals surface area contributed by atoms with Crippen LogP contribution in [0.25, 0.3) is 10.9 Å². The molecular weight excluding hydrogens is 396 g/mol. The molecular formula is C23H20N4O2S. The van der Waals surface area contributed by atoms with E-state index in [1.165, 1.54) is 17.3 Å². The highest BCUT2D eigenvalue weighted by Gasteiger charge is 2.17. The van der Waals surface area contributed by atoms with Gasteiger partial charge >= 0.3 is 0 Å². The van der Waals surface area contributed by atoms with E-state index in [9.17, 15) is 9.59 Å². The van der Waals surface area contributed by atoms with Gasteiger partial charge in [0.15, 0.2) is 0 Å². The van der Waals surface area contributed by atoms with Crippen LogP contribution in [0.15, 0.2) is 76.9 Å². The van der Waals surface area contributed by atoms with E-state index in [-0.39, 0.29) is 0 Å². The lowest BCUT2D eigenvalue weighted by atomic mass is 10.2. The number of nitrogens with one attached hydrogen (secondary N) is 3. The van der Waals surface area contributed by atoms with Crippen LogP contribution < -0.4 is 10.9 Å². The Morgan fingerprint density at radius 3 is 2.50 bits per heavy atom. The monoisotopic (exact) mass is 416 g/mol. The van der Waals surface area contributed by atoms with Crippen molar-refractivity contribution in [3.05, 3.63) is 89.2 Å². The smallest absolute Gasteiger partial charge is 0.272 e. The van der Waals surface area contributed by atoms with Crippen molar-refractivity contribution < 1.29 is 9.59 Å². The number of H-pyrrole nitrogens is 1. The number of carbonyl (C=O) groups excluding carboxylic acids is 2. The van der Waals surface area contributed by atoms with Gasteiger partial charge in [0.25, 0.3) is 11.8 Å². The summed E-state index contributed by atoms with van der Waals surface area (Å²) in [5.74, 6) is -0.822. The Balaban J connectivity index is 1.49. The number of carbonyl (C=O) groups is 2. The van der Waals surface area contributed by atoms with Crippen LogP contribution in [-0.4, -0.2) is 21.8 Å². The van der Waals surface area contributed by atoms with Crippen LogP contribution in [0, 0.1) is 13.8 Å². The Bertz CT molecular complexity index is 1250. The Hall–Kier alpha value is -3.58. The number of hydrogen-bond donors (Lipinski definition) is 3. The van der Waals surface area contributed by atoms with Crippen molar-refractivity contribution in [1.29, 1.82) is 0 Å². The van der Waals surface area contributed by atoms with Gasteiger partial charge in [-0.15, -0.1) is 0 Å². The summed E-state index contributed by atoms with van der Waals surface area (Å²) in [6.45, 7) is 4.07. The lowest BCUT2D eigenvalue weighted by Gasteiger charge is -2.11. The number of rotatable bonds is 4. The van der Waals surface area contributed by atoms with Crippen LogP contribution in [0.5, 0.6) is 0 Å². The van der Waals surface area contributed by atoms with Gasteiger partial charge in [0.2, 0.25) is 0 Å². The Morgan fingerprint density at radius 2 is 1.70 bits per heavy atom. The summed E-state index contributed by atoms with van der Waals surface area (Å²) in [6.07, 6.45) is 3.27. The Kier molecular flexibility index (Phi) is 5.54. The molecule has 4 rings (SSSR count). The molecule has 0 aliphatic heterocycles. The van der Waals surface area contributed by atoms with Gasteiger partial charge in [-0.1, -0.05) is 47.7 Å². The van der Waals surface area contributed by atoms with E-state index in [4.69, 9.17) is 0 Å². The van der Waals surface area contributed by atoms with Crippen molar-refractivity contribution in [3.63, 3.8) is 0 Å². The van der Waals surface area contributed by atoms with E-state index in [1.807, 2.05) is 50.2 Å². The second kappa shape index (κ2) is 8.42. The zero-order valence-electron chi connectivity index (χ0n) is 16.5. The fourth-order valence-electron chi connectivity index (χ4n) is 3.17. The van der Waals surface area contributed by atoms with Crippen molar-refractivity contribution in [2.45, 2.75) is 23.8 Å². The SMILES string of the molecule is Cc1ccc(Sc2ncccc2C(=O)NNC(=O)c2c[nH]c3ccccc23)c(C)c1. The molecule has 0 saturated carbocycles. The van der Waals surface area contributed by atoms with Crippen molar-refractivity contribution in [2.24, 2.45) is 0 Å². The molecule has 0 bridgehead atoms. The third-order valence-electron chi connectivity index (χ3n) is 4.68. The van der Waals surface area contributed by atoms with E-state index in [0.29, 0.717) is 16.2 Å². The molecule has 4 aromatic rings. The number of aromatic nitrogens is 2. The number of para-hydroxylation sites is 1. The standard InChI is InChI=1S/C23H20N4O2S/c1-14-9-10-20(15(2)12-14)30-23-17(7-5-11-24-23)21(28)26-27-22(29)18-13-25-19-8-4-3-6-16(18)19/h3-13,25H,1-2H3,(H,26,28)(H,27,29). The number of nitrogens with zero attached hydrogens (tertiary/aromatic N) is 1. The molecule has 0 atom stereocenters. The summed E-state index contributed by atoms with van der Waals surface area (Å²) >= 11 is 1.42. The van der Waals surface area contributed by atoms with Crippen LogP contribution >= 0.6 is 11.8 Å². The van der Waals surface area contributed by atoms with Crippen molar-refractivity contribution in [1.82, 2.24) is 20.8 Å². The van der Waals surface area contributed by atoms with Gasteiger partial charge in [0.05, 0.1) is 11.1 Å². The quantitative estimate of drug-likeness (QED) is 0.430.